The van der Waals surface area contributed by atoms with E-state index in [1.54, 1.807) is 19.1 Å². The Bertz CT molecular complexity index is 566. The molecule has 5 nitrogen and oxygen atoms in total. The van der Waals surface area contributed by atoms with Crippen molar-refractivity contribution in [1.29, 1.82) is 0 Å². The molecule has 0 aliphatic rings. The van der Waals surface area contributed by atoms with E-state index in [2.05, 4.69) is 12.2 Å². The molecule has 1 rings (SSSR count). The van der Waals surface area contributed by atoms with Gasteiger partial charge in [-0.25, -0.2) is 8.42 Å². The van der Waals surface area contributed by atoms with E-state index < -0.39 is 15.8 Å². The van der Waals surface area contributed by atoms with Crippen LogP contribution < -0.4 is 10.1 Å². The van der Waals surface area contributed by atoms with Crippen molar-refractivity contribution in [2.45, 2.75) is 38.0 Å². The second-order valence-corrected chi connectivity index (χ2v) is 7.39. The topological polar surface area (TPSA) is 72.5 Å². The first kappa shape index (κ1) is 18.5. The molecule has 1 atom stereocenters. The van der Waals surface area contributed by atoms with E-state index in [9.17, 15) is 13.2 Å². The summed E-state index contributed by atoms with van der Waals surface area (Å²) in [7, 11) is -1.96. The highest BCUT2D eigenvalue weighted by Crippen LogP contribution is 2.18. The summed E-state index contributed by atoms with van der Waals surface area (Å²) in [4.78, 5) is 12.1. The van der Waals surface area contributed by atoms with Crippen LogP contribution in [-0.2, 0) is 14.6 Å². The highest BCUT2D eigenvalue weighted by molar-refractivity contribution is 7.91. The fourth-order valence-corrected chi connectivity index (χ4v) is 3.60. The molecule has 22 heavy (non-hydrogen) atoms. The van der Waals surface area contributed by atoms with Crippen molar-refractivity contribution < 1.29 is 17.9 Å². The lowest BCUT2D eigenvalue weighted by Gasteiger charge is -2.13. The Morgan fingerprint density at radius 3 is 2.41 bits per heavy atom. The highest BCUT2D eigenvalue weighted by Gasteiger charge is 2.23. The molecule has 0 aliphatic heterocycles. The van der Waals surface area contributed by atoms with E-state index >= 15 is 0 Å². The normalized spacial score (nSPS) is 12.7. The zero-order chi connectivity index (χ0) is 16.6. The van der Waals surface area contributed by atoms with Crippen LogP contribution in [0, 0.1) is 5.92 Å². The molecule has 1 amide bonds. The van der Waals surface area contributed by atoms with E-state index in [0.29, 0.717) is 12.3 Å². The van der Waals surface area contributed by atoms with Gasteiger partial charge in [0.25, 0.3) is 0 Å². The number of benzene rings is 1. The number of amides is 1. The molecule has 0 aromatic heterocycles. The van der Waals surface area contributed by atoms with Gasteiger partial charge in [-0.15, -0.1) is 0 Å². The minimum atomic E-state index is -3.48. The van der Waals surface area contributed by atoms with Gasteiger partial charge in [0.2, 0.25) is 5.91 Å². The Labute approximate surface area is 133 Å². The molecule has 124 valence electrons. The summed E-state index contributed by atoms with van der Waals surface area (Å²) in [5.74, 6) is -0.388. The third-order valence-electron chi connectivity index (χ3n) is 3.42. The number of hydrogen-bond donors (Lipinski definition) is 1. The van der Waals surface area contributed by atoms with E-state index in [1.165, 1.54) is 19.2 Å². The summed E-state index contributed by atoms with van der Waals surface area (Å²) in [6, 6.07) is 6.20. The van der Waals surface area contributed by atoms with Crippen molar-refractivity contribution in [2.75, 3.05) is 19.4 Å². The van der Waals surface area contributed by atoms with Gasteiger partial charge >= 0.3 is 0 Å². The molecule has 0 radical (unpaired) electrons. The highest BCUT2D eigenvalue weighted by atomic mass is 32.2. The fraction of sp³-hybridized carbons (Fsp3) is 0.562. The largest absolute Gasteiger partial charge is 0.497 e. The van der Waals surface area contributed by atoms with Gasteiger partial charge in [-0.2, -0.15) is 0 Å². The minimum Gasteiger partial charge on any atom is -0.497 e. The van der Waals surface area contributed by atoms with Gasteiger partial charge in [0, 0.05) is 12.5 Å². The predicted octanol–water partition coefficient (Wildman–Crippen LogP) is 2.41. The maximum atomic E-state index is 12.3. The van der Waals surface area contributed by atoms with Gasteiger partial charge in [0.05, 0.1) is 17.8 Å². The molecule has 0 unspecified atom stereocenters. The molecule has 1 N–H and O–H groups in total. The van der Waals surface area contributed by atoms with Crippen LogP contribution in [0.1, 0.15) is 33.1 Å². The molecule has 0 saturated carbocycles. The number of hydrogen-bond acceptors (Lipinski definition) is 4. The Balaban J connectivity index is 2.60. The zero-order valence-electron chi connectivity index (χ0n) is 13.5. The lowest BCUT2D eigenvalue weighted by molar-refractivity contribution is -0.123. The predicted molar refractivity (Wildman–Crippen MR) is 86.7 cm³/mol. The minimum absolute atomic E-state index is 0.195. The first-order valence-corrected chi connectivity index (χ1v) is 9.20. The fourth-order valence-electron chi connectivity index (χ4n) is 2.04. The van der Waals surface area contributed by atoms with Crippen molar-refractivity contribution in [2.24, 2.45) is 5.92 Å². The van der Waals surface area contributed by atoms with Crippen LogP contribution >= 0.6 is 0 Å². The standard InChI is InChI=1S/C16H25NO4S/c1-4-5-6-11-17-16(18)13(2)12-22(19,20)15-9-7-14(21-3)8-10-15/h7-10,13H,4-6,11-12H2,1-3H3,(H,17,18)/t13-/m1/s1. The molecule has 0 heterocycles. The monoisotopic (exact) mass is 327 g/mol. The number of rotatable bonds is 9. The van der Waals surface area contributed by atoms with E-state index in [4.69, 9.17) is 4.74 Å². The average molecular weight is 327 g/mol. The van der Waals surface area contributed by atoms with Crippen molar-refractivity contribution >= 4 is 15.7 Å². The third-order valence-corrected chi connectivity index (χ3v) is 5.34. The Morgan fingerprint density at radius 2 is 1.86 bits per heavy atom. The van der Waals surface area contributed by atoms with E-state index in [0.717, 1.165) is 19.3 Å². The van der Waals surface area contributed by atoms with Crippen molar-refractivity contribution in [3.8, 4) is 5.75 Å². The van der Waals surface area contributed by atoms with Gasteiger partial charge < -0.3 is 10.1 Å². The van der Waals surface area contributed by atoms with Crippen molar-refractivity contribution in [3.63, 3.8) is 0 Å². The molecule has 0 spiro atoms. The summed E-state index contributed by atoms with van der Waals surface area (Å²) in [6.07, 6.45) is 3.05. The quantitative estimate of drug-likeness (QED) is 0.707. The molecule has 6 heteroatoms. The SMILES string of the molecule is CCCCCNC(=O)[C@H](C)CS(=O)(=O)c1ccc(OC)cc1. The number of unbranched alkanes of at least 4 members (excludes halogenated alkanes) is 2. The first-order chi connectivity index (χ1) is 10.4. The number of carbonyl (C=O) groups excluding carboxylic acids is 1. The molecule has 0 saturated heterocycles. The second-order valence-electron chi connectivity index (χ2n) is 5.36. The maximum absolute atomic E-state index is 12.3. The molecule has 1 aromatic carbocycles. The van der Waals surface area contributed by atoms with Gasteiger partial charge in [-0.1, -0.05) is 26.7 Å². The summed E-state index contributed by atoms with van der Waals surface area (Å²) < 4.78 is 29.6. The van der Waals surface area contributed by atoms with Crippen LogP contribution in [0.2, 0.25) is 0 Å². The molecular formula is C16H25NO4S. The van der Waals surface area contributed by atoms with E-state index in [1.807, 2.05) is 0 Å². The number of sulfone groups is 1. The second kappa shape index (κ2) is 8.78. The molecule has 0 bridgehead atoms. The van der Waals surface area contributed by atoms with Crippen molar-refractivity contribution in [3.05, 3.63) is 24.3 Å². The van der Waals surface area contributed by atoms with Crippen LogP contribution in [0.5, 0.6) is 5.75 Å². The summed E-state index contributed by atoms with van der Waals surface area (Å²) >= 11 is 0. The third kappa shape index (κ3) is 5.67. The number of carbonyl (C=O) groups is 1. The zero-order valence-corrected chi connectivity index (χ0v) is 14.3. The lowest BCUT2D eigenvalue weighted by atomic mass is 10.2. The summed E-state index contributed by atoms with van der Waals surface area (Å²) in [5, 5.41) is 2.79. The van der Waals surface area contributed by atoms with Gasteiger partial charge in [0.1, 0.15) is 5.75 Å². The maximum Gasteiger partial charge on any atom is 0.223 e. The lowest BCUT2D eigenvalue weighted by Crippen LogP contribution is -2.33. The summed E-state index contributed by atoms with van der Waals surface area (Å²) in [5.41, 5.74) is 0. The van der Waals surface area contributed by atoms with Gasteiger partial charge in [-0.05, 0) is 30.7 Å². The molecular weight excluding hydrogens is 302 g/mol. The van der Waals surface area contributed by atoms with Crippen LogP contribution in [0.4, 0.5) is 0 Å². The van der Waals surface area contributed by atoms with Crippen LogP contribution in [0.25, 0.3) is 0 Å². The molecule has 1 aromatic rings. The van der Waals surface area contributed by atoms with Crippen LogP contribution in [-0.4, -0.2) is 33.7 Å². The summed E-state index contributed by atoms with van der Waals surface area (Å²) in [6.45, 7) is 4.32. The van der Waals surface area contributed by atoms with Gasteiger partial charge in [0.15, 0.2) is 9.84 Å². The Kier molecular flexibility index (Phi) is 7.38. The number of methoxy groups -OCH3 is 1. The Hall–Kier alpha value is -1.56. The van der Waals surface area contributed by atoms with Crippen molar-refractivity contribution in [1.82, 2.24) is 5.32 Å². The smallest absolute Gasteiger partial charge is 0.223 e. The molecule has 0 fully saturated rings. The number of ether oxygens (including phenoxy) is 1. The van der Waals surface area contributed by atoms with Crippen LogP contribution in [0.3, 0.4) is 0 Å². The Morgan fingerprint density at radius 1 is 1.23 bits per heavy atom. The average Bonchev–Trinajstić information content (AvgIpc) is 2.51. The van der Waals surface area contributed by atoms with Gasteiger partial charge in [-0.3, -0.25) is 4.79 Å². The van der Waals surface area contributed by atoms with E-state index in [-0.39, 0.29) is 16.6 Å². The molecule has 0 aliphatic carbocycles. The van der Waals surface area contributed by atoms with Crippen LogP contribution in [0.15, 0.2) is 29.2 Å². The first-order valence-electron chi connectivity index (χ1n) is 7.55. The number of nitrogens with one attached hydrogen (secondary N) is 1.